The van der Waals surface area contributed by atoms with Gasteiger partial charge in [-0.3, -0.25) is 4.79 Å². The van der Waals surface area contributed by atoms with Crippen molar-refractivity contribution in [2.24, 2.45) is 0 Å². The van der Waals surface area contributed by atoms with Gasteiger partial charge in [0.25, 0.3) is 11.8 Å². The standard InChI is InChI=1S/C8H6N4O2/c1-4-2-5-6-8(14-11-7(5)13)9-3-10-12(4)6/h2-3H,1H3,(H,11,13). The lowest BCUT2D eigenvalue weighted by Crippen LogP contribution is -2.31. The monoisotopic (exact) mass is 190 g/mol. The van der Waals surface area contributed by atoms with Crippen molar-refractivity contribution in [1.82, 2.24) is 20.1 Å². The lowest BCUT2D eigenvalue weighted by Gasteiger charge is -2.12. The Morgan fingerprint density at radius 2 is 2.43 bits per heavy atom. The van der Waals surface area contributed by atoms with Crippen LogP contribution in [0.5, 0.6) is 5.88 Å². The van der Waals surface area contributed by atoms with E-state index in [0.717, 1.165) is 5.69 Å². The van der Waals surface area contributed by atoms with Crippen molar-refractivity contribution in [1.29, 1.82) is 0 Å². The van der Waals surface area contributed by atoms with Crippen LogP contribution in [0.1, 0.15) is 16.1 Å². The van der Waals surface area contributed by atoms with Crippen LogP contribution >= 0.6 is 0 Å². The molecule has 14 heavy (non-hydrogen) atoms. The lowest BCUT2D eigenvalue weighted by atomic mass is 10.2. The van der Waals surface area contributed by atoms with Gasteiger partial charge in [-0.2, -0.15) is 15.6 Å². The molecule has 1 aliphatic rings. The summed E-state index contributed by atoms with van der Waals surface area (Å²) in [6.45, 7) is 1.87. The number of carbonyl (C=O) groups excluding carboxylic acids is 1. The van der Waals surface area contributed by atoms with Crippen LogP contribution in [0.4, 0.5) is 0 Å². The first kappa shape index (κ1) is 7.31. The van der Waals surface area contributed by atoms with Crippen LogP contribution in [0.3, 0.4) is 0 Å². The zero-order chi connectivity index (χ0) is 9.71. The Morgan fingerprint density at radius 1 is 1.57 bits per heavy atom. The first-order valence-electron chi connectivity index (χ1n) is 4.08. The fraction of sp³-hybridized carbons (Fsp3) is 0.125. The van der Waals surface area contributed by atoms with E-state index < -0.39 is 0 Å². The van der Waals surface area contributed by atoms with E-state index in [1.807, 2.05) is 6.92 Å². The average Bonchev–Trinajstić information content (AvgIpc) is 2.53. The molecular weight excluding hydrogens is 184 g/mol. The van der Waals surface area contributed by atoms with Gasteiger partial charge in [-0.1, -0.05) is 0 Å². The molecule has 2 aromatic rings. The first-order valence-corrected chi connectivity index (χ1v) is 4.08. The van der Waals surface area contributed by atoms with Crippen LogP contribution in [-0.4, -0.2) is 20.5 Å². The molecule has 6 heteroatoms. The van der Waals surface area contributed by atoms with Crippen molar-refractivity contribution >= 4 is 11.4 Å². The number of nitrogens with one attached hydrogen (secondary N) is 1. The number of nitrogens with zero attached hydrogens (tertiary/aromatic N) is 3. The van der Waals surface area contributed by atoms with Crippen LogP contribution in [0, 0.1) is 6.92 Å². The summed E-state index contributed by atoms with van der Waals surface area (Å²) in [5, 5.41) is 4.02. The summed E-state index contributed by atoms with van der Waals surface area (Å²) >= 11 is 0. The zero-order valence-electron chi connectivity index (χ0n) is 7.31. The highest BCUT2D eigenvalue weighted by Gasteiger charge is 2.24. The second kappa shape index (κ2) is 2.22. The van der Waals surface area contributed by atoms with Crippen LogP contribution in [0.25, 0.3) is 5.52 Å². The molecule has 1 N–H and O–H groups in total. The Labute approximate surface area is 78.5 Å². The molecule has 1 aliphatic heterocycles. The Kier molecular flexibility index (Phi) is 1.16. The summed E-state index contributed by atoms with van der Waals surface area (Å²) in [4.78, 5) is 20.2. The third-order valence-corrected chi connectivity index (χ3v) is 2.18. The number of aromatic nitrogens is 3. The molecule has 0 atom stereocenters. The van der Waals surface area contributed by atoms with Gasteiger partial charge in [-0.15, -0.1) is 0 Å². The maximum Gasteiger partial charge on any atom is 0.286 e. The molecule has 0 radical (unpaired) electrons. The molecule has 0 unspecified atom stereocenters. The average molecular weight is 190 g/mol. The van der Waals surface area contributed by atoms with Crippen LogP contribution in [-0.2, 0) is 0 Å². The number of hydroxylamine groups is 1. The number of carbonyl (C=O) groups is 1. The quantitative estimate of drug-likeness (QED) is 0.638. The van der Waals surface area contributed by atoms with Crippen molar-refractivity contribution in [3.8, 4) is 5.88 Å². The van der Waals surface area contributed by atoms with Gasteiger partial charge >= 0.3 is 0 Å². The van der Waals surface area contributed by atoms with Crippen LogP contribution in [0.2, 0.25) is 0 Å². The molecule has 3 rings (SSSR count). The minimum Gasteiger partial charge on any atom is -0.356 e. The summed E-state index contributed by atoms with van der Waals surface area (Å²) in [7, 11) is 0. The number of hydrogen-bond acceptors (Lipinski definition) is 4. The van der Waals surface area contributed by atoms with E-state index in [-0.39, 0.29) is 5.91 Å². The summed E-state index contributed by atoms with van der Waals surface area (Å²) in [6, 6.07) is 1.76. The lowest BCUT2D eigenvalue weighted by molar-refractivity contribution is 0.0736. The topological polar surface area (TPSA) is 68.5 Å². The Hall–Kier alpha value is -2.11. The summed E-state index contributed by atoms with van der Waals surface area (Å²) < 4.78 is 1.64. The second-order valence-corrected chi connectivity index (χ2v) is 3.06. The number of hydrogen-bond donors (Lipinski definition) is 1. The molecule has 0 saturated carbocycles. The van der Waals surface area contributed by atoms with Crippen molar-refractivity contribution in [3.63, 3.8) is 0 Å². The molecule has 70 valence electrons. The largest absolute Gasteiger partial charge is 0.356 e. The van der Waals surface area contributed by atoms with Gasteiger partial charge in [0.1, 0.15) is 11.8 Å². The number of amides is 1. The van der Waals surface area contributed by atoms with Crippen LogP contribution < -0.4 is 10.3 Å². The fourth-order valence-electron chi connectivity index (χ4n) is 1.57. The van der Waals surface area contributed by atoms with Gasteiger partial charge in [-0.25, -0.2) is 4.52 Å². The summed E-state index contributed by atoms with van der Waals surface area (Å²) in [5.41, 5.74) is 4.31. The van der Waals surface area contributed by atoms with E-state index in [0.29, 0.717) is 17.0 Å². The highest BCUT2D eigenvalue weighted by molar-refractivity contribution is 6.03. The molecule has 2 aromatic heterocycles. The molecular formula is C8H6N4O2. The van der Waals surface area contributed by atoms with E-state index in [1.165, 1.54) is 6.33 Å². The normalized spacial score (nSPS) is 13.9. The van der Waals surface area contributed by atoms with Gasteiger partial charge in [0.2, 0.25) is 0 Å². The van der Waals surface area contributed by atoms with E-state index in [2.05, 4.69) is 15.6 Å². The van der Waals surface area contributed by atoms with Gasteiger partial charge in [0.15, 0.2) is 0 Å². The van der Waals surface area contributed by atoms with Crippen molar-refractivity contribution < 1.29 is 9.63 Å². The first-order chi connectivity index (χ1) is 6.77. The predicted molar refractivity (Wildman–Crippen MR) is 45.8 cm³/mol. The maximum atomic E-state index is 11.4. The molecule has 0 bridgehead atoms. The third kappa shape index (κ3) is 0.723. The van der Waals surface area contributed by atoms with Gasteiger partial charge in [0.05, 0.1) is 5.56 Å². The smallest absolute Gasteiger partial charge is 0.286 e. The van der Waals surface area contributed by atoms with E-state index in [4.69, 9.17) is 4.84 Å². The van der Waals surface area contributed by atoms with Crippen LogP contribution in [0.15, 0.2) is 12.4 Å². The highest BCUT2D eigenvalue weighted by atomic mass is 16.7. The van der Waals surface area contributed by atoms with Crippen molar-refractivity contribution in [2.75, 3.05) is 0 Å². The Morgan fingerprint density at radius 3 is 3.29 bits per heavy atom. The van der Waals surface area contributed by atoms with Crippen molar-refractivity contribution in [2.45, 2.75) is 6.92 Å². The Bertz CT molecular complexity index is 546. The SMILES string of the molecule is Cc1cc2c3c(ncnn13)ONC2=O. The van der Waals surface area contributed by atoms with E-state index in [1.54, 1.807) is 10.6 Å². The molecule has 0 aromatic carbocycles. The Balaban J connectivity index is 2.53. The van der Waals surface area contributed by atoms with E-state index in [9.17, 15) is 4.79 Å². The molecule has 1 amide bonds. The molecule has 0 saturated heterocycles. The number of rotatable bonds is 0. The second-order valence-electron chi connectivity index (χ2n) is 3.06. The highest BCUT2D eigenvalue weighted by Crippen LogP contribution is 2.25. The van der Waals surface area contributed by atoms with Gasteiger partial charge in [0, 0.05) is 5.69 Å². The van der Waals surface area contributed by atoms with E-state index >= 15 is 0 Å². The molecule has 6 nitrogen and oxygen atoms in total. The summed E-state index contributed by atoms with van der Waals surface area (Å²) in [6.07, 6.45) is 1.39. The zero-order valence-corrected chi connectivity index (χ0v) is 7.31. The maximum absolute atomic E-state index is 11.4. The minimum atomic E-state index is -0.266. The molecule has 0 aliphatic carbocycles. The predicted octanol–water partition coefficient (Wildman–Crippen LogP) is 0.0749. The molecule has 0 fully saturated rings. The third-order valence-electron chi connectivity index (χ3n) is 2.18. The van der Waals surface area contributed by atoms with Gasteiger partial charge < -0.3 is 4.84 Å². The van der Waals surface area contributed by atoms with Gasteiger partial charge in [-0.05, 0) is 13.0 Å². The minimum absolute atomic E-state index is 0.266. The fourth-order valence-corrected chi connectivity index (χ4v) is 1.57. The summed E-state index contributed by atoms with van der Waals surface area (Å²) in [5.74, 6) is 0.112. The number of aryl methyl sites for hydroxylation is 1. The molecule has 3 heterocycles. The van der Waals surface area contributed by atoms with Crippen molar-refractivity contribution in [3.05, 3.63) is 23.7 Å². The molecule has 0 spiro atoms.